The Bertz CT molecular complexity index is 4480. The van der Waals surface area contributed by atoms with E-state index in [4.69, 9.17) is 23.1 Å². The Labute approximate surface area is 678 Å². The van der Waals surface area contributed by atoms with Crippen molar-refractivity contribution >= 4 is 111 Å². The number of amides is 12. The van der Waals surface area contributed by atoms with Crippen LogP contribution in [0.5, 0.6) is 0 Å². The third-order valence-corrected chi connectivity index (χ3v) is 19.9. The maximum absolute atomic E-state index is 15.6. The van der Waals surface area contributed by atoms with Gasteiger partial charge in [0, 0.05) is 94.3 Å². The van der Waals surface area contributed by atoms with Crippen molar-refractivity contribution in [3.63, 3.8) is 0 Å². The van der Waals surface area contributed by atoms with Crippen LogP contribution < -0.4 is 70.0 Å². The lowest BCUT2D eigenvalue weighted by molar-refractivity contribution is -0.144. The number of fused-ring (bicyclic) bond motifs is 1. The Hall–Kier alpha value is -12.0. The monoisotopic (exact) mass is 1610 g/mol. The normalized spacial score (nSPS) is 14.9. The first kappa shape index (κ1) is 89.6. The molecule has 1 aliphatic rings. The molecule has 7 aromatic rings. The number of likely N-dealkylation sites (tertiary alicyclic amines) is 1. The first-order valence-electron chi connectivity index (χ1n) is 39.0. The molecule has 0 bridgehead atoms. The second-order valence-corrected chi connectivity index (χ2v) is 30.1. The smallest absolute Gasteiger partial charge is 0.252 e. The number of hydrogen-bond acceptors (Lipinski definition) is 20. The molecule has 1 fully saturated rings. The maximum atomic E-state index is 15.6. The van der Waals surface area contributed by atoms with Crippen LogP contribution in [0.3, 0.4) is 0 Å². The number of nitrogens with one attached hydrogen (secondary N) is 12. The summed E-state index contributed by atoms with van der Waals surface area (Å²) >= 11 is 6.29. The summed E-state index contributed by atoms with van der Waals surface area (Å²) in [6.45, 7) is 10.1. The molecule has 17 N–H and O–H groups in total. The van der Waals surface area contributed by atoms with Crippen molar-refractivity contribution in [1.29, 1.82) is 0 Å². The Morgan fingerprint density at radius 2 is 1.16 bits per heavy atom. The van der Waals surface area contributed by atoms with Gasteiger partial charge in [0.15, 0.2) is 0 Å². The van der Waals surface area contributed by atoms with E-state index >= 15 is 24.0 Å². The number of halogens is 1. The fourth-order valence-electron chi connectivity index (χ4n) is 13.4. The molecule has 0 spiro atoms. The highest BCUT2D eigenvalue weighted by molar-refractivity contribution is 6.30. The molecule has 3 aromatic heterocycles. The molecule has 4 aromatic carbocycles. The summed E-state index contributed by atoms with van der Waals surface area (Å²) in [6.07, 6.45) is 7.53. The van der Waals surface area contributed by atoms with Gasteiger partial charge >= 0.3 is 0 Å². The van der Waals surface area contributed by atoms with E-state index in [1.807, 2.05) is 70.2 Å². The van der Waals surface area contributed by atoms with Crippen LogP contribution in [0.25, 0.3) is 10.8 Å². The number of nitrogens with two attached hydrogens (primary N) is 2. The number of carbonyl (C=O) groups excluding carboxylic acids is 12. The zero-order valence-electron chi connectivity index (χ0n) is 66.3. The number of H-pyrrole nitrogens is 1. The third-order valence-electron chi connectivity index (χ3n) is 19.6. The number of benzene rings is 4. The molecule has 0 saturated carbocycles. The van der Waals surface area contributed by atoms with Crippen LogP contribution in [-0.2, 0) is 78.4 Å². The fourth-order valence-corrected chi connectivity index (χ4v) is 13.5. The van der Waals surface area contributed by atoms with E-state index in [0.29, 0.717) is 64.3 Å². The number of rotatable bonds is 44. The summed E-state index contributed by atoms with van der Waals surface area (Å²) in [4.78, 5) is 187. The SMILES string of the molecule is CC(=O)NC(Cc1ccc2ccccc2c1)C(=O)NC(Cc1ccc(Cl)cc1)C(=O)NC(Cc1cccnc1)C(=O)NC(CO)C(=O)N(C)C(Cc1ccc(Nc2nc(N)n[nH]2)cc1)C(=O)NC(CCCCNC(=O)c1cccnc1)C(=O)NC(CC(C)C)C(=O)NC(CCCCNC(C)C)C(=O)N1CCCC1C(=O)NC(C)C(N)=O. The highest BCUT2D eigenvalue weighted by atomic mass is 35.5. The largest absolute Gasteiger partial charge is 0.394 e. The minimum absolute atomic E-state index is 0.0234. The number of aliphatic hydroxyl groups excluding tert-OH is 1. The average molecular weight is 1620 g/mol. The van der Waals surface area contributed by atoms with Gasteiger partial charge in [0.05, 0.1) is 12.2 Å². The molecule has 0 radical (unpaired) electrons. The molecule has 34 heteroatoms. The highest BCUT2D eigenvalue weighted by Gasteiger charge is 2.41. The van der Waals surface area contributed by atoms with Crippen molar-refractivity contribution in [2.24, 2.45) is 11.7 Å². The van der Waals surface area contributed by atoms with Crippen LogP contribution in [-0.4, -0.2) is 211 Å². The van der Waals surface area contributed by atoms with E-state index in [1.165, 1.54) is 50.6 Å². The van der Waals surface area contributed by atoms with Crippen LogP contribution in [0.1, 0.15) is 132 Å². The number of nitrogens with zero attached hydrogens (tertiary/aromatic N) is 6. The van der Waals surface area contributed by atoms with E-state index in [0.717, 1.165) is 15.7 Å². The van der Waals surface area contributed by atoms with Crippen LogP contribution in [0.15, 0.2) is 140 Å². The van der Waals surface area contributed by atoms with Crippen LogP contribution >= 0.6 is 11.6 Å². The Balaban J connectivity index is 1.08. The maximum Gasteiger partial charge on any atom is 0.252 e. The molecule has 1 aliphatic heterocycles. The van der Waals surface area contributed by atoms with Crippen molar-refractivity contribution < 1.29 is 62.6 Å². The van der Waals surface area contributed by atoms with Crippen LogP contribution in [0.4, 0.5) is 17.6 Å². The lowest BCUT2D eigenvalue weighted by Crippen LogP contribution is -2.62. The predicted molar refractivity (Wildman–Crippen MR) is 436 cm³/mol. The van der Waals surface area contributed by atoms with E-state index in [2.05, 4.69) is 83.6 Å². The third kappa shape index (κ3) is 27.9. The Morgan fingerprint density at radius 1 is 0.595 bits per heavy atom. The zero-order valence-corrected chi connectivity index (χ0v) is 67.0. The summed E-state index contributed by atoms with van der Waals surface area (Å²) in [7, 11) is 1.26. The van der Waals surface area contributed by atoms with Gasteiger partial charge in [-0.3, -0.25) is 67.5 Å². The number of primary amides is 1. The number of nitrogen functional groups attached to an aromatic ring is 1. The molecule has 116 heavy (non-hydrogen) atoms. The molecule has 10 unspecified atom stereocenters. The average Bonchev–Trinajstić information content (AvgIpc) is 1.11. The Kier molecular flexibility index (Phi) is 34.5. The number of aromatic amines is 1. The number of aliphatic hydroxyl groups is 1. The van der Waals surface area contributed by atoms with Crippen molar-refractivity contribution in [2.45, 2.75) is 191 Å². The highest BCUT2D eigenvalue weighted by Crippen LogP contribution is 2.24. The van der Waals surface area contributed by atoms with E-state index in [-0.39, 0.29) is 101 Å². The molecule has 10 atom stereocenters. The fraction of sp³-hybridized carbons (Fsp3) is 0.439. The van der Waals surface area contributed by atoms with Gasteiger partial charge in [0.1, 0.15) is 60.4 Å². The van der Waals surface area contributed by atoms with Crippen molar-refractivity contribution in [1.82, 2.24) is 88.1 Å². The second-order valence-electron chi connectivity index (χ2n) is 29.7. The lowest BCUT2D eigenvalue weighted by atomic mass is 9.99. The first-order chi connectivity index (χ1) is 55.5. The topological polar surface area (TPSA) is 483 Å². The Morgan fingerprint density at radius 3 is 1.77 bits per heavy atom. The molecular formula is C82H107ClN20O13. The molecule has 620 valence electrons. The van der Waals surface area contributed by atoms with Crippen molar-refractivity contribution in [3.8, 4) is 0 Å². The van der Waals surface area contributed by atoms with E-state index in [9.17, 15) is 38.7 Å². The van der Waals surface area contributed by atoms with Gasteiger partial charge in [-0.05, 0) is 153 Å². The van der Waals surface area contributed by atoms with Gasteiger partial charge in [-0.15, -0.1) is 5.10 Å². The number of pyridine rings is 2. The second kappa shape index (κ2) is 44.6. The van der Waals surface area contributed by atoms with Gasteiger partial charge in [0.2, 0.25) is 76.9 Å². The summed E-state index contributed by atoms with van der Waals surface area (Å²) in [5.41, 5.74) is 14.2. The van der Waals surface area contributed by atoms with Crippen LogP contribution in [0.2, 0.25) is 5.02 Å². The molecule has 8 rings (SSSR count). The van der Waals surface area contributed by atoms with Crippen molar-refractivity contribution in [3.05, 3.63) is 173 Å². The molecular weight excluding hydrogens is 1510 g/mol. The van der Waals surface area contributed by atoms with Gasteiger partial charge < -0.3 is 84.9 Å². The standard InChI is InChI=1S/C82H107ClN20O13/c1-48(2)39-63(73(109)94-62(22-11-12-36-88-49(3)4)80(116)103-38-16-23-68(103)77(113)90-50(5)70(84)106)95-72(108)61(21-10-13-37-89-71(107)58-20-15-35-87-46-58)93-78(114)69(44-53-27-32-60(33-28-53)92-82-99-81(85)100-101-82)102(7)79(115)67(47-104)98-76(112)66(43-55-17-14-34-86-45-55)97-75(111)65(41-52-25-30-59(83)31-26-52)96-74(110)64(91-51(6)105)42-54-24-29-56-18-8-9-19-57(56)40-54/h8-9,14-15,17-20,24-35,40,45-46,48-50,61-69,88,104H,10-13,16,21-23,36-39,41-44,47H2,1-7H3,(H2,84,106)(H,89,107)(H,90,113)(H,91,105)(H,93,114)(H,94,109)(H,95,108)(H,96,110)(H,97,111)(H,98,112)(H4,85,92,99,100,101). The molecule has 4 heterocycles. The molecule has 33 nitrogen and oxygen atoms in total. The van der Waals surface area contributed by atoms with Gasteiger partial charge in [-0.1, -0.05) is 112 Å². The quantitative estimate of drug-likeness (QED) is 0.0244. The first-order valence-corrected chi connectivity index (χ1v) is 39.3. The number of carbonyl (C=O) groups is 12. The van der Waals surface area contributed by atoms with Crippen LogP contribution in [0, 0.1) is 5.92 Å². The zero-order chi connectivity index (χ0) is 84.0. The molecule has 12 amide bonds. The number of unbranched alkanes of at least 4 members (excludes halogenated alkanes) is 2. The number of hydrogen-bond donors (Lipinski definition) is 15. The predicted octanol–water partition coefficient (Wildman–Crippen LogP) is 3.03. The van der Waals surface area contributed by atoms with Gasteiger partial charge in [-0.2, -0.15) is 4.98 Å². The summed E-state index contributed by atoms with van der Waals surface area (Å²) in [5, 5.41) is 51.3. The van der Waals surface area contributed by atoms with Gasteiger partial charge in [-0.25, -0.2) is 5.10 Å². The summed E-state index contributed by atoms with van der Waals surface area (Å²) < 4.78 is 0. The lowest BCUT2D eigenvalue weighted by Gasteiger charge is -2.33. The molecule has 1 saturated heterocycles. The molecule has 0 aliphatic carbocycles. The summed E-state index contributed by atoms with van der Waals surface area (Å²) in [6, 6.07) is 19.4. The van der Waals surface area contributed by atoms with Crippen molar-refractivity contribution in [2.75, 3.05) is 44.3 Å². The number of anilines is 3. The van der Waals surface area contributed by atoms with Gasteiger partial charge in [0.25, 0.3) is 5.91 Å². The number of aromatic nitrogens is 5. The summed E-state index contributed by atoms with van der Waals surface area (Å²) in [5.74, 6) is -9.02. The van der Waals surface area contributed by atoms with E-state index < -0.39 is 138 Å². The minimum atomic E-state index is -1.84. The number of likely N-dealkylation sites (N-methyl/N-ethyl adjacent to an activating group) is 1. The van der Waals surface area contributed by atoms with E-state index in [1.54, 1.807) is 72.8 Å². The minimum Gasteiger partial charge on any atom is -0.394 e.